The van der Waals surface area contributed by atoms with E-state index in [1.165, 1.54) is 0 Å². The van der Waals surface area contributed by atoms with E-state index in [1.807, 2.05) is 0 Å². The van der Waals surface area contributed by atoms with Gasteiger partial charge in [-0.25, -0.2) is 4.79 Å². The molecule has 1 amide bonds. The number of hydrogen-bond donors (Lipinski definition) is 0. The van der Waals surface area contributed by atoms with E-state index in [4.69, 9.17) is 4.74 Å². The number of rotatable bonds is 3. The standard InChI is InChI=1S/C16H20NO3/c1-3-20-16(19)14-6-4-5-11-17(14)15(18)13-9-7-12(2)8-10-13/h7-10,14H,2-6,11H2,1H3. The summed E-state index contributed by atoms with van der Waals surface area (Å²) >= 11 is 0. The molecule has 0 aliphatic carbocycles. The van der Waals surface area contributed by atoms with Gasteiger partial charge in [0, 0.05) is 12.1 Å². The molecule has 1 fully saturated rings. The maximum atomic E-state index is 12.5. The minimum atomic E-state index is -0.448. The number of esters is 1. The zero-order valence-electron chi connectivity index (χ0n) is 11.8. The van der Waals surface area contributed by atoms with Crippen LogP contribution < -0.4 is 0 Å². The molecule has 4 nitrogen and oxygen atoms in total. The van der Waals surface area contributed by atoms with Crippen LogP contribution in [-0.2, 0) is 9.53 Å². The fourth-order valence-corrected chi connectivity index (χ4v) is 2.47. The van der Waals surface area contributed by atoms with Crippen molar-refractivity contribution in [3.05, 3.63) is 42.3 Å². The van der Waals surface area contributed by atoms with Crippen LogP contribution in [0.4, 0.5) is 0 Å². The van der Waals surface area contributed by atoms with Crippen molar-refractivity contribution in [2.45, 2.75) is 32.2 Å². The average Bonchev–Trinajstić information content (AvgIpc) is 2.47. The van der Waals surface area contributed by atoms with Gasteiger partial charge in [0.1, 0.15) is 6.04 Å². The van der Waals surface area contributed by atoms with Gasteiger partial charge in [0.25, 0.3) is 5.91 Å². The lowest BCUT2D eigenvalue weighted by Gasteiger charge is -2.34. The predicted octanol–water partition coefficient (Wildman–Crippen LogP) is 2.43. The second kappa shape index (κ2) is 6.55. The third-order valence-corrected chi connectivity index (χ3v) is 3.52. The first kappa shape index (κ1) is 14.6. The van der Waals surface area contributed by atoms with Gasteiger partial charge in [-0.15, -0.1) is 0 Å². The molecule has 0 saturated carbocycles. The number of likely N-dealkylation sites (tertiary alicyclic amines) is 1. The summed E-state index contributed by atoms with van der Waals surface area (Å²) in [6.07, 6.45) is 2.55. The van der Waals surface area contributed by atoms with Crippen LogP contribution in [0.2, 0.25) is 0 Å². The second-order valence-corrected chi connectivity index (χ2v) is 4.96. The predicted molar refractivity (Wildman–Crippen MR) is 76.2 cm³/mol. The van der Waals surface area contributed by atoms with Gasteiger partial charge in [-0.05, 0) is 50.8 Å². The molecule has 1 heterocycles. The van der Waals surface area contributed by atoms with E-state index in [-0.39, 0.29) is 11.9 Å². The maximum absolute atomic E-state index is 12.5. The van der Waals surface area contributed by atoms with E-state index in [2.05, 4.69) is 6.92 Å². The van der Waals surface area contributed by atoms with Crippen molar-refractivity contribution in [1.82, 2.24) is 4.90 Å². The Hall–Kier alpha value is -1.84. The molecule has 4 heteroatoms. The third-order valence-electron chi connectivity index (χ3n) is 3.52. The highest BCUT2D eigenvalue weighted by Crippen LogP contribution is 2.21. The molecule has 0 N–H and O–H groups in total. The topological polar surface area (TPSA) is 46.6 Å². The highest BCUT2D eigenvalue weighted by molar-refractivity contribution is 5.97. The van der Waals surface area contributed by atoms with Crippen molar-refractivity contribution in [1.29, 1.82) is 0 Å². The van der Waals surface area contributed by atoms with Crippen LogP contribution in [0.5, 0.6) is 0 Å². The highest BCUT2D eigenvalue weighted by atomic mass is 16.5. The zero-order valence-corrected chi connectivity index (χ0v) is 11.8. The Bertz CT molecular complexity index is 481. The molecule has 1 aliphatic heterocycles. The molecular weight excluding hydrogens is 254 g/mol. The number of ether oxygens (including phenoxy) is 1. The van der Waals surface area contributed by atoms with Crippen LogP contribution in [0.3, 0.4) is 0 Å². The summed E-state index contributed by atoms with van der Waals surface area (Å²) in [7, 11) is 0. The van der Waals surface area contributed by atoms with Gasteiger partial charge in [0.15, 0.2) is 0 Å². The summed E-state index contributed by atoms with van der Waals surface area (Å²) in [6.45, 7) is 6.53. The van der Waals surface area contributed by atoms with Crippen molar-refractivity contribution >= 4 is 11.9 Å². The Morgan fingerprint density at radius 2 is 2.00 bits per heavy atom. The van der Waals surface area contributed by atoms with Gasteiger partial charge < -0.3 is 9.64 Å². The number of carbonyl (C=O) groups is 2. The molecule has 107 valence electrons. The molecule has 0 bridgehead atoms. The summed E-state index contributed by atoms with van der Waals surface area (Å²) in [4.78, 5) is 26.1. The lowest BCUT2D eigenvalue weighted by atomic mass is 10.0. The van der Waals surface area contributed by atoms with Crippen LogP contribution in [0.15, 0.2) is 24.3 Å². The van der Waals surface area contributed by atoms with Gasteiger partial charge in [0.2, 0.25) is 0 Å². The molecule has 1 radical (unpaired) electrons. The van der Waals surface area contributed by atoms with E-state index in [9.17, 15) is 9.59 Å². The lowest BCUT2D eigenvalue weighted by Crippen LogP contribution is -2.48. The number of amides is 1. The Balaban J connectivity index is 2.16. The monoisotopic (exact) mass is 274 g/mol. The molecule has 2 rings (SSSR count). The molecule has 0 aromatic heterocycles. The van der Waals surface area contributed by atoms with Crippen LogP contribution in [-0.4, -0.2) is 36.0 Å². The molecule has 1 atom stereocenters. The van der Waals surface area contributed by atoms with Crippen LogP contribution in [0.1, 0.15) is 42.1 Å². The smallest absolute Gasteiger partial charge is 0.328 e. The Morgan fingerprint density at radius 3 is 2.65 bits per heavy atom. The van der Waals surface area contributed by atoms with Crippen LogP contribution in [0.25, 0.3) is 0 Å². The van der Waals surface area contributed by atoms with Crippen LogP contribution in [0, 0.1) is 6.92 Å². The number of nitrogens with zero attached hydrogens (tertiary/aromatic N) is 1. The largest absolute Gasteiger partial charge is 0.464 e. The molecule has 1 unspecified atom stereocenters. The minimum absolute atomic E-state index is 0.109. The third kappa shape index (κ3) is 3.18. The van der Waals surface area contributed by atoms with Gasteiger partial charge in [-0.3, -0.25) is 4.79 Å². The fourth-order valence-electron chi connectivity index (χ4n) is 2.47. The Morgan fingerprint density at radius 1 is 1.30 bits per heavy atom. The van der Waals surface area contributed by atoms with Gasteiger partial charge >= 0.3 is 5.97 Å². The Kier molecular flexibility index (Phi) is 4.77. The molecule has 1 aromatic carbocycles. The quantitative estimate of drug-likeness (QED) is 0.795. The molecule has 1 aromatic rings. The van der Waals surface area contributed by atoms with E-state index < -0.39 is 6.04 Å². The van der Waals surface area contributed by atoms with Crippen molar-refractivity contribution < 1.29 is 14.3 Å². The first-order chi connectivity index (χ1) is 9.63. The minimum Gasteiger partial charge on any atom is -0.464 e. The lowest BCUT2D eigenvalue weighted by molar-refractivity contribution is -0.149. The van der Waals surface area contributed by atoms with E-state index in [0.29, 0.717) is 25.1 Å². The van der Waals surface area contributed by atoms with Crippen molar-refractivity contribution in [3.63, 3.8) is 0 Å². The SMILES string of the molecule is [CH2]c1ccc(C(=O)N2CCCCC2C(=O)OCC)cc1. The molecule has 0 spiro atoms. The van der Waals surface area contributed by atoms with Crippen LogP contribution >= 0.6 is 0 Å². The van der Waals surface area contributed by atoms with E-state index in [0.717, 1.165) is 18.4 Å². The maximum Gasteiger partial charge on any atom is 0.328 e. The number of piperidine rings is 1. The number of benzene rings is 1. The highest BCUT2D eigenvalue weighted by Gasteiger charge is 2.33. The summed E-state index contributed by atoms with van der Waals surface area (Å²) in [5.74, 6) is -0.405. The second-order valence-electron chi connectivity index (χ2n) is 4.96. The van der Waals surface area contributed by atoms with E-state index in [1.54, 1.807) is 36.1 Å². The molecule has 1 saturated heterocycles. The first-order valence-electron chi connectivity index (χ1n) is 7.03. The fraction of sp³-hybridized carbons (Fsp3) is 0.438. The van der Waals surface area contributed by atoms with Gasteiger partial charge in [-0.2, -0.15) is 0 Å². The Labute approximate surface area is 119 Å². The normalized spacial score (nSPS) is 18.7. The summed E-state index contributed by atoms with van der Waals surface area (Å²) < 4.78 is 5.07. The average molecular weight is 274 g/mol. The number of hydrogen-bond acceptors (Lipinski definition) is 3. The molecular formula is C16H20NO3. The van der Waals surface area contributed by atoms with E-state index >= 15 is 0 Å². The van der Waals surface area contributed by atoms with Crippen molar-refractivity contribution in [2.24, 2.45) is 0 Å². The van der Waals surface area contributed by atoms with Crippen molar-refractivity contribution in [2.75, 3.05) is 13.2 Å². The molecule has 1 aliphatic rings. The summed E-state index contributed by atoms with van der Waals surface area (Å²) in [5, 5.41) is 0. The van der Waals surface area contributed by atoms with Gasteiger partial charge in [-0.1, -0.05) is 12.1 Å². The summed E-state index contributed by atoms with van der Waals surface area (Å²) in [5.41, 5.74) is 1.45. The van der Waals surface area contributed by atoms with Crippen molar-refractivity contribution in [3.8, 4) is 0 Å². The zero-order chi connectivity index (χ0) is 14.5. The first-order valence-corrected chi connectivity index (χ1v) is 7.03. The molecule has 20 heavy (non-hydrogen) atoms. The number of carbonyl (C=O) groups excluding carboxylic acids is 2. The van der Waals surface area contributed by atoms with Gasteiger partial charge in [0.05, 0.1) is 6.61 Å². The summed E-state index contributed by atoms with van der Waals surface area (Å²) in [6, 6.07) is 6.66.